The minimum Gasteiger partial charge on any atom is -0.368 e. The van der Waals surface area contributed by atoms with Crippen LogP contribution >= 0.6 is 0 Å². The van der Waals surface area contributed by atoms with Crippen LogP contribution in [0.5, 0.6) is 0 Å². The van der Waals surface area contributed by atoms with Gasteiger partial charge >= 0.3 is 0 Å². The Morgan fingerprint density at radius 1 is 0.926 bits per heavy atom. The smallest absolute Gasteiger partial charge is 0.251 e. The third-order valence-electron chi connectivity index (χ3n) is 3.67. The molecule has 0 aliphatic carbocycles. The van der Waals surface area contributed by atoms with Crippen molar-refractivity contribution in [2.75, 3.05) is 23.7 Å². The van der Waals surface area contributed by atoms with Crippen LogP contribution in [0.15, 0.2) is 48.9 Å². The quantitative estimate of drug-likeness (QED) is 0.554. The van der Waals surface area contributed by atoms with Gasteiger partial charge in [0.2, 0.25) is 0 Å². The van der Waals surface area contributed by atoms with Crippen LogP contribution in [0.4, 0.5) is 17.5 Å². The van der Waals surface area contributed by atoms with Crippen LogP contribution in [0.25, 0.3) is 0 Å². The molecule has 0 radical (unpaired) electrons. The molecule has 0 bridgehead atoms. The van der Waals surface area contributed by atoms with E-state index < -0.39 is 0 Å². The number of amides is 1. The van der Waals surface area contributed by atoms with Crippen LogP contribution < -0.4 is 16.0 Å². The SMILES string of the molecule is Cc1ccnc(Nc2cc(NCCNC(=O)c3ccncc3)nc(C)n2)c1. The zero-order chi connectivity index (χ0) is 19.1. The van der Waals surface area contributed by atoms with Crippen molar-refractivity contribution < 1.29 is 4.79 Å². The molecule has 0 spiro atoms. The molecule has 3 rings (SSSR count). The molecule has 0 fully saturated rings. The van der Waals surface area contributed by atoms with Gasteiger partial charge in [0.25, 0.3) is 5.91 Å². The standard InChI is InChI=1S/C19H21N7O/c1-13-3-8-21-16(11-13)26-18-12-17(24-14(2)25-18)22-9-10-23-19(27)15-4-6-20-7-5-15/h3-8,11-12H,9-10H2,1-2H3,(H,23,27)(H2,21,22,24,25,26). The molecule has 0 saturated heterocycles. The van der Waals surface area contributed by atoms with Crippen molar-refractivity contribution in [1.29, 1.82) is 0 Å². The van der Waals surface area contributed by atoms with E-state index in [1.165, 1.54) is 0 Å². The number of pyridine rings is 2. The molecule has 0 unspecified atom stereocenters. The zero-order valence-corrected chi connectivity index (χ0v) is 15.2. The van der Waals surface area contributed by atoms with Gasteiger partial charge in [-0.3, -0.25) is 9.78 Å². The lowest BCUT2D eigenvalue weighted by atomic mass is 10.2. The monoisotopic (exact) mass is 363 g/mol. The summed E-state index contributed by atoms with van der Waals surface area (Å²) in [6.07, 6.45) is 4.93. The number of aryl methyl sites for hydroxylation is 2. The first-order valence-corrected chi connectivity index (χ1v) is 8.57. The summed E-state index contributed by atoms with van der Waals surface area (Å²) in [5.74, 6) is 2.56. The second-order valence-corrected chi connectivity index (χ2v) is 5.95. The number of hydrogen-bond acceptors (Lipinski definition) is 7. The highest BCUT2D eigenvalue weighted by molar-refractivity contribution is 5.93. The van der Waals surface area contributed by atoms with Gasteiger partial charge < -0.3 is 16.0 Å². The van der Waals surface area contributed by atoms with Crippen molar-refractivity contribution >= 4 is 23.4 Å². The number of nitrogens with zero attached hydrogens (tertiary/aromatic N) is 4. The number of nitrogens with one attached hydrogen (secondary N) is 3. The summed E-state index contributed by atoms with van der Waals surface area (Å²) >= 11 is 0. The molecule has 0 aromatic carbocycles. The van der Waals surface area contributed by atoms with E-state index in [1.807, 2.05) is 32.0 Å². The minimum atomic E-state index is -0.133. The Balaban J connectivity index is 1.54. The van der Waals surface area contributed by atoms with E-state index in [2.05, 4.69) is 35.9 Å². The molecule has 1 amide bonds. The van der Waals surface area contributed by atoms with Gasteiger partial charge in [0.15, 0.2) is 0 Å². The predicted molar refractivity (Wildman–Crippen MR) is 104 cm³/mol. The molecule has 0 saturated carbocycles. The molecule has 8 nitrogen and oxygen atoms in total. The zero-order valence-electron chi connectivity index (χ0n) is 15.2. The molecule has 3 N–H and O–H groups in total. The van der Waals surface area contributed by atoms with E-state index in [0.29, 0.717) is 36.1 Å². The van der Waals surface area contributed by atoms with Gasteiger partial charge in [-0.25, -0.2) is 15.0 Å². The Morgan fingerprint density at radius 2 is 1.70 bits per heavy atom. The summed E-state index contributed by atoms with van der Waals surface area (Å²) in [7, 11) is 0. The van der Waals surface area contributed by atoms with Crippen molar-refractivity contribution in [1.82, 2.24) is 25.3 Å². The number of carbonyl (C=O) groups excluding carboxylic acids is 1. The Hall–Kier alpha value is -3.55. The molecule has 0 aliphatic heterocycles. The molecule has 0 atom stereocenters. The highest BCUT2D eigenvalue weighted by Gasteiger charge is 2.05. The average molecular weight is 363 g/mol. The molecule has 138 valence electrons. The number of aromatic nitrogens is 4. The largest absolute Gasteiger partial charge is 0.368 e. The van der Waals surface area contributed by atoms with E-state index in [1.54, 1.807) is 30.7 Å². The topological polar surface area (TPSA) is 105 Å². The van der Waals surface area contributed by atoms with E-state index in [0.717, 1.165) is 11.4 Å². The van der Waals surface area contributed by atoms with Gasteiger partial charge in [0.05, 0.1) is 0 Å². The summed E-state index contributed by atoms with van der Waals surface area (Å²) < 4.78 is 0. The molecular weight excluding hydrogens is 342 g/mol. The van der Waals surface area contributed by atoms with Crippen LogP contribution in [0.2, 0.25) is 0 Å². The first kappa shape index (κ1) is 18.2. The second kappa shape index (κ2) is 8.70. The van der Waals surface area contributed by atoms with Crippen molar-refractivity contribution in [2.45, 2.75) is 13.8 Å². The number of anilines is 3. The van der Waals surface area contributed by atoms with Crippen LogP contribution in [-0.2, 0) is 0 Å². The van der Waals surface area contributed by atoms with Crippen molar-refractivity contribution in [3.63, 3.8) is 0 Å². The summed E-state index contributed by atoms with van der Waals surface area (Å²) in [5.41, 5.74) is 1.70. The summed E-state index contributed by atoms with van der Waals surface area (Å²) in [6.45, 7) is 4.83. The maximum Gasteiger partial charge on any atom is 0.251 e. The third kappa shape index (κ3) is 5.46. The van der Waals surface area contributed by atoms with Crippen LogP contribution in [-0.4, -0.2) is 38.9 Å². The highest BCUT2D eigenvalue weighted by atomic mass is 16.1. The number of carbonyl (C=O) groups is 1. The Kier molecular flexibility index (Phi) is 5.88. The van der Waals surface area contributed by atoms with E-state index in [9.17, 15) is 4.79 Å². The lowest BCUT2D eigenvalue weighted by Crippen LogP contribution is -2.28. The molecule has 3 aromatic heterocycles. The fourth-order valence-electron chi connectivity index (χ4n) is 2.43. The van der Waals surface area contributed by atoms with E-state index in [-0.39, 0.29) is 5.91 Å². The molecule has 8 heteroatoms. The molecule has 0 aliphatic rings. The Labute approximate surface area is 157 Å². The predicted octanol–water partition coefficient (Wildman–Crippen LogP) is 2.47. The van der Waals surface area contributed by atoms with Gasteiger partial charge in [-0.1, -0.05) is 0 Å². The summed E-state index contributed by atoms with van der Waals surface area (Å²) in [4.78, 5) is 28.9. The molecular formula is C19H21N7O. The molecule has 3 aromatic rings. The number of hydrogen-bond donors (Lipinski definition) is 3. The summed E-state index contributed by atoms with van der Waals surface area (Å²) in [5, 5.41) is 9.22. The Morgan fingerprint density at radius 3 is 2.48 bits per heavy atom. The fourth-order valence-corrected chi connectivity index (χ4v) is 2.43. The van der Waals surface area contributed by atoms with Crippen molar-refractivity contribution in [3.05, 3.63) is 65.9 Å². The molecule has 3 heterocycles. The van der Waals surface area contributed by atoms with Crippen molar-refractivity contribution in [2.24, 2.45) is 0 Å². The van der Waals surface area contributed by atoms with Crippen molar-refractivity contribution in [3.8, 4) is 0 Å². The highest BCUT2D eigenvalue weighted by Crippen LogP contribution is 2.16. The summed E-state index contributed by atoms with van der Waals surface area (Å²) in [6, 6.07) is 9.03. The maximum absolute atomic E-state index is 12.0. The van der Waals surface area contributed by atoms with Gasteiger partial charge in [0, 0.05) is 43.3 Å². The first-order valence-electron chi connectivity index (χ1n) is 8.57. The van der Waals surface area contributed by atoms with Gasteiger partial charge in [0.1, 0.15) is 23.3 Å². The van der Waals surface area contributed by atoms with Gasteiger partial charge in [-0.2, -0.15) is 0 Å². The van der Waals surface area contributed by atoms with Crippen LogP contribution in [0.3, 0.4) is 0 Å². The normalized spacial score (nSPS) is 10.3. The average Bonchev–Trinajstić information content (AvgIpc) is 2.65. The number of rotatable bonds is 7. The van der Waals surface area contributed by atoms with E-state index >= 15 is 0 Å². The lowest BCUT2D eigenvalue weighted by molar-refractivity contribution is 0.0955. The van der Waals surface area contributed by atoms with Gasteiger partial charge in [-0.15, -0.1) is 0 Å². The minimum absolute atomic E-state index is 0.133. The van der Waals surface area contributed by atoms with Crippen LogP contribution in [0.1, 0.15) is 21.7 Å². The van der Waals surface area contributed by atoms with Gasteiger partial charge in [-0.05, 0) is 43.7 Å². The fraction of sp³-hybridized carbons (Fsp3) is 0.211. The lowest BCUT2D eigenvalue weighted by Gasteiger charge is -2.10. The Bertz CT molecular complexity index is 915. The maximum atomic E-state index is 12.0. The molecule has 27 heavy (non-hydrogen) atoms. The van der Waals surface area contributed by atoms with E-state index in [4.69, 9.17) is 0 Å². The third-order valence-corrected chi connectivity index (χ3v) is 3.67. The second-order valence-electron chi connectivity index (χ2n) is 5.95. The van der Waals surface area contributed by atoms with Crippen LogP contribution in [0, 0.1) is 13.8 Å². The first-order chi connectivity index (χ1) is 13.1.